The monoisotopic (exact) mass is 240 g/mol. The summed E-state index contributed by atoms with van der Waals surface area (Å²) in [5.41, 5.74) is 0.0276. The number of furan rings is 1. The van der Waals surface area contributed by atoms with E-state index in [1.54, 1.807) is 6.07 Å². The average Bonchev–Trinajstić information content (AvgIpc) is 2.76. The first kappa shape index (κ1) is 12.1. The highest BCUT2D eigenvalue weighted by Gasteiger charge is 2.27. The van der Waals surface area contributed by atoms with Gasteiger partial charge in [-0.15, -0.1) is 0 Å². The second-order valence-electron chi connectivity index (χ2n) is 4.52. The molecule has 0 unspecified atom stereocenters. The summed E-state index contributed by atoms with van der Waals surface area (Å²) in [6.45, 7) is 4.14. The van der Waals surface area contributed by atoms with Gasteiger partial charge in [-0.25, -0.2) is 0 Å². The van der Waals surface area contributed by atoms with Crippen LogP contribution in [0.1, 0.15) is 25.5 Å². The summed E-state index contributed by atoms with van der Waals surface area (Å²) < 4.78 is 10.4. The Morgan fingerprint density at radius 3 is 2.76 bits per heavy atom. The van der Waals surface area contributed by atoms with Gasteiger partial charge in [0.25, 0.3) is 0 Å². The molecule has 0 atom stereocenters. The van der Waals surface area contributed by atoms with Crippen molar-refractivity contribution in [1.29, 1.82) is 0 Å². The third-order valence-corrected chi connectivity index (χ3v) is 3.11. The normalized spacial score (nSPS) is 19.1. The molecule has 2 heterocycles. The third-order valence-electron chi connectivity index (χ3n) is 3.11. The van der Waals surface area contributed by atoms with Gasteiger partial charge >= 0.3 is 5.88 Å². The maximum absolute atomic E-state index is 10.5. The SMILES string of the molecule is CC1(NCc2ccc([N+](=O)[O-])o2)CCOCC1. The Morgan fingerprint density at radius 2 is 2.18 bits per heavy atom. The number of hydrogen-bond donors (Lipinski definition) is 1. The van der Waals surface area contributed by atoms with Crippen molar-refractivity contribution in [3.05, 3.63) is 28.0 Å². The summed E-state index contributed by atoms with van der Waals surface area (Å²) in [4.78, 5) is 9.93. The van der Waals surface area contributed by atoms with Crippen molar-refractivity contribution in [2.45, 2.75) is 31.8 Å². The van der Waals surface area contributed by atoms with Gasteiger partial charge in [0.1, 0.15) is 10.7 Å². The minimum Gasteiger partial charge on any atom is -0.404 e. The summed E-state index contributed by atoms with van der Waals surface area (Å²) in [5.74, 6) is 0.378. The van der Waals surface area contributed by atoms with E-state index in [0.29, 0.717) is 12.3 Å². The molecule has 0 bridgehead atoms. The highest BCUT2D eigenvalue weighted by molar-refractivity contribution is 5.17. The van der Waals surface area contributed by atoms with Crippen molar-refractivity contribution in [1.82, 2.24) is 5.32 Å². The van der Waals surface area contributed by atoms with Crippen LogP contribution in [0.3, 0.4) is 0 Å². The van der Waals surface area contributed by atoms with E-state index in [9.17, 15) is 10.1 Å². The number of nitro groups is 1. The lowest BCUT2D eigenvalue weighted by atomic mass is 9.92. The standard InChI is InChI=1S/C11H16N2O4/c1-11(4-6-16-7-5-11)12-8-9-2-3-10(17-9)13(14)15/h2-3,12H,4-8H2,1H3. The predicted octanol–water partition coefficient (Wildman–Crippen LogP) is 1.85. The second-order valence-corrected chi connectivity index (χ2v) is 4.52. The van der Waals surface area contributed by atoms with Gasteiger partial charge in [0.2, 0.25) is 0 Å². The van der Waals surface area contributed by atoms with Crippen molar-refractivity contribution in [2.75, 3.05) is 13.2 Å². The van der Waals surface area contributed by atoms with Gasteiger partial charge in [0.15, 0.2) is 0 Å². The first-order valence-electron chi connectivity index (χ1n) is 5.65. The van der Waals surface area contributed by atoms with Gasteiger partial charge in [0, 0.05) is 18.8 Å². The Kier molecular flexibility index (Phi) is 3.44. The molecule has 1 aliphatic heterocycles. The first-order valence-corrected chi connectivity index (χ1v) is 5.65. The molecule has 1 fully saturated rings. The zero-order valence-electron chi connectivity index (χ0n) is 9.77. The van der Waals surface area contributed by atoms with E-state index in [2.05, 4.69) is 12.2 Å². The van der Waals surface area contributed by atoms with Crippen LogP contribution in [0.2, 0.25) is 0 Å². The lowest BCUT2D eigenvalue weighted by Gasteiger charge is -2.34. The van der Waals surface area contributed by atoms with Gasteiger partial charge in [-0.2, -0.15) is 0 Å². The smallest absolute Gasteiger partial charge is 0.404 e. The van der Waals surface area contributed by atoms with Gasteiger partial charge in [-0.3, -0.25) is 10.1 Å². The minimum atomic E-state index is -0.528. The van der Waals surface area contributed by atoms with Crippen molar-refractivity contribution in [3.63, 3.8) is 0 Å². The number of nitrogens with one attached hydrogen (secondary N) is 1. The molecule has 17 heavy (non-hydrogen) atoms. The Hall–Kier alpha value is -1.40. The largest absolute Gasteiger partial charge is 0.433 e. The molecule has 1 aromatic rings. The van der Waals surface area contributed by atoms with Crippen LogP contribution in [0.4, 0.5) is 5.88 Å². The molecular weight excluding hydrogens is 224 g/mol. The molecule has 1 aromatic heterocycles. The summed E-state index contributed by atoms with van der Waals surface area (Å²) in [6.07, 6.45) is 1.88. The van der Waals surface area contributed by atoms with E-state index in [1.807, 2.05) is 0 Å². The fraction of sp³-hybridized carbons (Fsp3) is 0.636. The molecule has 1 N–H and O–H groups in total. The summed E-state index contributed by atoms with van der Waals surface area (Å²) >= 11 is 0. The Bertz CT molecular complexity index is 396. The fourth-order valence-electron chi connectivity index (χ4n) is 1.86. The Balaban J connectivity index is 1.90. The van der Waals surface area contributed by atoms with E-state index in [4.69, 9.17) is 9.15 Å². The second kappa shape index (κ2) is 4.85. The molecule has 0 amide bonds. The number of rotatable bonds is 4. The summed E-state index contributed by atoms with van der Waals surface area (Å²) in [6, 6.07) is 3.01. The Labute approximate surface area is 99.1 Å². The van der Waals surface area contributed by atoms with Crippen LogP contribution >= 0.6 is 0 Å². The molecule has 0 radical (unpaired) electrons. The molecule has 0 saturated carbocycles. The third kappa shape index (κ3) is 3.04. The zero-order chi connectivity index (χ0) is 12.3. The van der Waals surface area contributed by atoms with Crippen LogP contribution in [-0.2, 0) is 11.3 Å². The average molecular weight is 240 g/mol. The summed E-state index contributed by atoms with van der Waals surface area (Å²) in [5, 5.41) is 13.8. The molecule has 1 saturated heterocycles. The highest BCUT2D eigenvalue weighted by Crippen LogP contribution is 2.21. The lowest BCUT2D eigenvalue weighted by molar-refractivity contribution is -0.402. The number of ether oxygens (including phenoxy) is 1. The predicted molar refractivity (Wildman–Crippen MR) is 60.7 cm³/mol. The van der Waals surface area contributed by atoms with Crippen molar-refractivity contribution >= 4 is 5.88 Å². The molecule has 6 nitrogen and oxygen atoms in total. The van der Waals surface area contributed by atoms with Crippen LogP contribution < -0.4 is 5.32 Å². The van der Waals surface area contributed by atoms with Crippen LogP contribution in [0.5, 0.6) is 0 Å². The van der Waals surface area contributed by atoms with Gasteiger partial charge < -0.3 is 14.5 Å². The highest BCUT2D eigenvalue weighted by atomic mass is 16.6. The summed E-state index contributed by atoms with van der Waals surface area (Å²) in [7, 11) is 0. The van der Waals surface area contributed by atoms with E-state index in [-0.39, 0.29) is 11.4 Å². The lowest BCUT2D eigenvalue weighted by Crippen LogP contribution is -2.46. The number of hydrogen-bond acceptors (Lipinski definition) is 5. The van der Waals surface area contributed by atoms with E-state index in [1.165, 1.54) is 6.07 Å². The topological polar surface area (TPSA) is 77.5 Å². The Morgan fingerprint density at radius 1 is 1.47 bits per heavy atom. The van der Waals surface area contributed by atoms with Gasteiger partial charge in [-0.05, 0) is 25.8 Å². The molecule has 94 valence electrons. The fourth-order valence-corrected chi connectivity index (χ4v) is 1.86. The first-order chi connectivity index (χ1) is 8.09. The molecule has 0 aliphatic carbocycles. The van der Waals surface area contributed by atoms with Crippen LogP contribution in [-0.4, -0.2) is 23.7 Å². The van der Waals surface area contributed by atoms with E-state index < -0.39 is 4.92 Å². The molecule has 6 heteroatoms. The van der Waals surface area contributed by atoms with E-state index in [0.717, 1.165) is 26.1 Å². The van der Waals surface area contributed by atoms with Crippen molar-refractivity contribution in [3.8, 4) is 0 Å². The number of nitrogens with zero attached hydrogens (tertiary/aromatic N) is 1. The molecule has 0 aromatic carbocycles. The van der Waals surface area contributed by atoms with Gasteiger partial charge in [-0.1, -0.05) is 0 Å². The molecule has 1 aliphatic rings. The van der Waals surface area contributed by atoms with E-state index >= 15 is 0 Å². The molecule has 2 rings (SSSR count). The minimum absolute atomic E-state index is 0.0276. The van der Waals surface area contributed by atoms with Crippen LogP contribution in [0.25, 0.3) is 0 Å². The van der Waals surface area contributed by atoms with Crippen LogP contribution in [0, 0.1) is 10.1 Å². The van der Waals surface area contributed by atoms with Crippen molar-refractivity contribution < 1.29 is 14.1 Å². The molecule has 0 spiro atoms. The maximum Gasteiger partial charge on any atom is 0.433 e. The van der Waals surface area contributed by atoms with Gasteiger partial charge in [0.05, 0.1) is 12.6 Å². The van der Waals surface area contributed by atoms with Crippen molar-refractivity contribution in [2.24, 2.45) is 0 Å². The molecular formula is C11H16N2O4. The quantitative estimate of drug-likeness (QED) is 0.641. The van der Waals surface area contributed by atoms with Crippen LogP contribution in [0.15, 0.2) is 16.5 Å². The maximum atomic E-state index is 10.5. The zero-order valence-corrected chi connectivity index (χ0v) is 9.77.